The highest BCUT2D eigenvalue weighted by atomic mass is 16.3. The zero-order valence-electron chi connectivity index (χ0n) is 13.9. The Hall–Kier alpha value is -3.47. The highest BCUT2D eigenvalue weighted by Gasteiger charge is 2.49. The highest BCUT2D eigenvalue weighted by molar-refractivity contribution is 6.86. The lowest BCUT2D eigenvalue weighted by molar-refractivity contribution is 0.577. The number of benzene rings is 2. The van der Waals surface area contributed by atoms with Crippen molar-refractivity contribution in [2.45, 2.75) is 0 Å². The van der Waals surface area contributed by atoms with Gasteiger partial charge in [0, 0.05) is 11.9 Å². The topological polar surface area (TPSA) is 32.5 Å². The van der Waals surface area contributed by atoms with E-state index >= 15 is 0 Å². The van der Waals surface area contributed by atoms with Crippen molar-refractivity contribution >= 4 is 35.4 Å². The molecule has 0 saturated heterocycles. The van der Waals surface area contributed by atoms with Gasteiger partial charge < -0.3 is 14.0 Å². The number of fused-ring (bicyclic) bond motifs is 8. The van der Waals surface area contributed by atoms with E-state index in [0.717, 1.165) is 28.5 Å². The molecule has 2 aliphatic rings. The van der Waals surface area contributed by atoms with E-state index in [0.29, 0.717) is 0 Å². The van der Waals surface area contributed by atoms with E-state index in [1.54, 1.807) is 6.26 Å². The lowest BCUT2D eigenvalue weighted by Gasteiger charge is -2.33. The summed E-state index contributed by atoms with van der Waals surface area (Å²) in [6.45, 7) is -0.0165. The lowest BCUT2D eigenvalue weighted by Crippen LogP contribution is -2.55. The van der Waals surface area contributed by atoms with Gasteiger partial charge in [0.05, 0.1) is 28.9 Å². The highest BCUT2D eigenvalue weighted by Crippen LogP contribution is 2.50. The molecule has 0 saturated carbocycles. The van der Waals surface area contributed by atoms with E-state index in [4.69, 9.17) is 4.42 Å². The number of furan rings is 1. The van der Waals surface area contributed by atoms with Crippen molar-refractivity contribution in [1.82, 2.24) is 4.98 Å². The minimum absolute atomic E-state index is 0.0165. The van der Waals surface area contributed by atoms with Crippen LogP contribution in [0.4, 0.5) is 22.9 Å². The molecule has 2 aliphatic heterocycles. The van der Waals surface area contributed by atoms with Crippen molar-refractivity contribution < 1.29 is 4.42 Å². The van der Waals surface area contributed by atoms with Crippen LogP contribution in [-0.2, 0) is 0 Å². The van der Waals surface area contributed by atoms with Crippen LogP contribution in [0.25, 0.3) is 11.3 Å². The van der Waals surface area contributed by atoms with Crippen LogP contribution in [0.15, 0.2) is 89.7 Å². The lowest BCUT2D eigenvalue weighted by atomic mass is 9.61. The second-order valence-electron chi connectivity index (χ2n) is 6.52. The number of anilines is 4. The van der Waals surface area contributed by atoms with E-state index in [2.05, 4.69) is 69.2 Å². The van der Waals surface area contributed by atoms with E-state index < -0.39 is 0 Å². The fraction of sp³-hybridized carbons (Fsp3) is 0. The molecule has 0 unspecified atom stereocenters. The maximum Gasteiger partial charge on any atom is 0.425 e. The molecule has 26 heavy (non-hydrogen) atoms. The average Bonchev–Trinajstić information content (AvgIpc) is 3.32. The third kappa shape index (κ3) is 1.67. The molecule has 4 nitrogen and oxygen atoms in total. The van der Waals surface area contributed by atoms with Crippen molar-refractivity contribution in [3.05, 3.63) is 85.3 Å². The van der Waals surface area contributed by atoms with Crippen LogP contribution in [-0.4, -0.2) is 12.0 Å². The van der Waals surface area contributed by atoms with Crippen LogP contribution in [0.1, 0.15) is 0 Å². The monoisotopic (exact) mass is 335 g/mol. The SMILES string of the molecule is c1ccc(N2B3c4cccnc4-c4ccoc4N3c3ccccc32)cc1. The molecular formula is C21H14BN3O. The molecule has 0 bridgehead atoms. The number of rotatable bonds is 1. The van der Waals surface area contributed by atoms with Gasteiger partial charge in [-0.25, -0.2) is 0 Å². The molecule has 122 valence electrons. The molecule has 4 heterocycles. The molecule has 2 aromatic heterocycles. The zero-order chi connectivity index (χ0) is 17.1. The van der Waals surface area contributed by atoms with Crippen LogP contribution < -0.4 is 15.1 Å². The second kappa shape index (κ2) is 5.02. The van der Waals surface area contributed by atoms with Gasteiger partial charge in [-0.05, 0) is 41.9 Å². The number of aromatic nitrogens is 1. The Morgan fingerprint density at radius 2 is 1.54 bits per heavy atom. The summed E-state index contributed by atoms with van der Waals surface area (Å²) in [5.74, 6) is 0.854. The first kappa shape index (κ1) is 13.8. The Morgan fingerprint density at radius 3 is 2.38 bits per heavy atom. The fourth-order valence-corrected chi connectivity index (χ4v) is 4.14. The first-order chi connectivity index (χ1) is 12.9. The molecule has 0 radical (unpaired) electrons. The van der Waals surface area contributed by atoms with Crippen molar-refractivity contribution in [3.63, 3.8) is 0 Å². The van der Waals surface area contributed by atoms with Crippen molar-refractivity contribution in [2.75, 3.05) is 9.62 Å². The predicted molar refractivity (Wildman–Crippen MR) is 104 cm³/mol. The predicted octanol–water partition coefficient (Wildman–Crippen LogP) is 4.34. The van der Waals surface area contributed by atoms with Crippen LogP contribution in [0, 0.1) is 0 Å². The van der Waals surface area contributed by atoms with E-state index in [-0.39, 0.29) is 6.98 Å². The first-order valence-corrected chi connectivity index (χ1v) is 8.69. The minimum atomic E-state index is -0.0165. The molecular weight excluding hydrogens is 321 g/mol. The molecule has 4 aromatic rings. The van der Waals surface area contributed by atoms with E-state index in [9.17, 15) is 0 Å². The maximum atomic E-state index is 5.93. The van der Waals surface area contributed by atoms with Gasteiger partial charge in [-0.2, -0.15) is 0 Å². The third-order valence-corrected chi connectivity index (χ3v) is 5.16. The van der Waals surface area contributed by atoms with Gasteiger partial charge in [0.15, 0.2) is 5.88 Å². The Balaban J connectivity index is 1.69. The van der Waals surface area contributed by atoms with Crippen molar-refractivity contribution in [1.29, 1.82) is 0 Å². The summed E-state index contributed by atoms with van der Waals surface area (Å²) in [6, 6.07) is 25.1. The molecule has 5 heteroatoms. The smallest absolute Gasteiger partial charge is 0.425 e. The van der Waals surface area contributed by atoms with E-state index in [1.165, 1.54) is 11.2 Å². The number of hydrogen-bond acceptors (Lipinski definition) is 4. The summed E-state index contributed by atoms with van der Waals surface area (Å²) >= 11 is 0. The molecule has 0 spiro atoms. The largest absolute Gasteiger partial charge is 0.449 e. The van der Waals surface area contributed by atoms with Crippen LogP contribution in [0.2, 0.25) is 0 Å². The van der Waals surface area contributed by atoms with Gasteiger partial charge >= 0.3 is 6.98 Å². The summed E-state index contributed by atoms with van der Waals surface area (Å²) in [5.41, 5.74) is 6.68. The standard InChI is InChI=1S/C21H14BN3O/c1-2-7-15(8-3-1)24-18-10-4-5-11-19(18)25-21-16(12-14-26-21)20-17(22(24)25)9-6-13-23-20/h1-14H. The Kier molecular flexibility index (Phi) is 2.66. The Bertz CT molecular complexity index is 1120. The quantitative estimate of drug-likeness (QED) is 0.485. The van der Waals surface area contributed by atoms with Crippen LogP contribution >= 0.6 is 0 Å². The summed E-state index contributed by atoms with van der Waals surface area (Å²) in [5, 5.41) is 0. The average molecular weight is 335 g/mol. The summed E-state index contributed by atoms with van der Waals surface area (Å²) in [7, 11) is 0. The number of nitrogens with zero attached hydrogens (tertiary/aromatic N) is 3. The van der Waals surface area contributed by atoms with Gasteiger partial charge in [0.25, 0.3) is 0 Å². The Morgan fingerprint density at radius 1 is 0.769 bits per heavy atom. The first-order valence-electron chi connectivity index (χ1n) is 8.69. The van der Waals surface area contributed by atoms with Gasteiger partial charge in [-0.1, -0.05) is 36.4 Å². The van der Waals surface area contributed by atoms with E-state index in [1.807, 2.05) is 24.4 Å². The molecule has 0 fully saturated rings. The maximum absolute atomic E-state index is 5.93. The van der Waals surface area contributed by atoms with Gasteiger partial charge in [0.2, 0.25) is 0 Å². The number of pyridine rings is 1. The van der Waals surface area contributed by atoms with Crippen molar-refractivity contribution in [3.8, 4) is 11.3 Å². The zero-order valence-corrected chi connectivity index (χ0v) is 13.9. The molecule has 0 amide bonds. The van der Waals surface area contributed by atoms with Crippen LogP contribution in [0.3, 0.4) is 0 Å². The molecule has 0 N–H and O–H groups in total. The molecule has 2 aromatic carbocycles. The van der Waals surface area contributed by atoms with Crippen molar-refractivity contribution in [2.24, 2.45) is 0 Å². The second-order valence-corrected chi connectivity index (χ2v) is 6.52. The van der Waals surface area contributed by atoms with Gasteiger partial charge in [-0.15, -0.1) is 0 Å². The molecule has 6 rings (SSSR count). The summed E-state index contributed by atoms with van der Waals surface area (Å²) in [6.07, 6.45) is 3.60. The fourth-order valence-electron chi connectivity index (χ4n) is 4.14. The number of hydrogen-bond donors (Lipinski definition) is 0. The van der Waals surface area contributed by atoms with Gasteiger partial charge in [-0.3, -0.25) is 4.98 Å². The summed E-state index contributed by atoms with van der Waals surface area (Å²) < 4.78 is 5.93. The van der Waals surface area contributed by atoms with Crippen LogP contribution in [0.5, 0.6) is 0 Å². The normalized spacial score (nSPS) is 13.9. The molecule has 0 atom stereocenters. The van der Waals surface area contributed by atoms with Gasteiger partial charge in [0.1, 0.15) is 0 Å². The molecule has 0 aliphatic carbocycles. The Labute approximate surface area is 151 Å². The third-order valence-electron chi connectivity index (χ3n) is 5.16. The number of para-hydroxylation sites is 3. The summed E-state index contributed by atoms with van der Waals surface area (Å²) in [4.78, 5) is 9.31. The minimum Gasteiger partial charge on any atom is -0.449 e.